The van der Waals surface area contributed by atoms with Gasteiger partial charge in [-0.2, -0.15) is 0 Å². The predicted molar refractivity (Wildman–Crippen MR) is 68.4 cm³/mol. The molecule has 0 atom stereocenters. The zero-order valence-electron chi connectivity index (χ0n) is 10.4. The molecule has 0 spiro atoms. The number of amides is 1. The average molecular weight is 251 g/mol. The summed E-state index contributed by atoms with van der Waals surface area (Å²) in [5, 5.41) is 1.92. The second-order valence-electron chi connectivity index (χ2n) is 4.98. The zero-order chi connectivity index (χ0) is 12.6. The van der Waals surface area contributed by atoms with Crippen molar-refractivity contribution in [2.24, 2.45) is 0 Å². The summed E-state index contributed by atoms with van der Waals surface area (Å²) in [6, 6.07) is 1.94. The van der Waals surface area contributed by atoms with Gasteiger partial charge in [0, 0.05) is 13.0 Å². The minimum absolute atomic E-state index is 0.00412. The molecule has 0 radical (unpaired) electrons. The molecule has 1 aliphatic rings. The molecule has 17 heavy (non-hydrogen) atoms. The van der Waals surface area contributed by atoms with Crippen molar-refractivity contribution in [2.75, 3.05) is 6.54 Å². The van der Waals surface area contributed by atoms with Crippen molar-refractivity contribution in [3.8, 4) is 0 Å². The number of nitrogens with zero attached hydrogens (tertiary/aromatic N) is 1. The summed E-state index contributed by atoms with van der Waals surface area (Å²) < 4.78 is 0. The van der Waals surface area contributed by atoms with Gasteiger partial charge in [0.05, 0.1) is 10.4 Å². The van der Waals surface area contributed by atoms with E-state index in [2.05, 4.69) is 0 Å². The molecule has 2 rings (SSSR count). The van der Waals surface area contributed by atoms with Gasteiger partial charge in [-0.25, -0.2) is 0 Å². The number of likely N-dealkylation sites (tertiary alicyclic amines) is 1. The van der Waals surface area contributed by atoms with Gasteiger partial charge in [-0.05, 0) is 44.2 Å². The molecule has 1 fully saturated rings. The molecule has 3 nitrogen and oxygen atoms in total. The molecule has 0 saturated carbocycles. The van der Waals surface area contributed by atoms with Crippen LogP contribution in [0.15, 0.2) is 11.4 Å². The molecular formula is C13H17NO2S. The first-order valence-corrected chi connectivity index (χ1v) is 6.72. The number of piperidine rings is 1. The van der Waals surface area contributed by atoms with Crippen molar-refractivity contribution < 1.29 is 9.59 Å². The predicted octanol–water partition coefficient (Wildman–Crippen LogP) is 2.64. The normalized spacial score (nSPS) is 19.5. The third kappa shape index (κ3) is 2.02. The Kier molecular flexibility index (Phi) is 3.08. The Morgan fingerprint density at radius 2 is 2.18 bits per heavy atom. The third-order valence-corrected chi connectivity index (χ3v) is 4.45. The minimum Gasteiger partial charge on any atom is -0.326 e. The molecule has 0 aliphatic carbocycles. The van der Waals surface area contributed by atoms with Crippen molar-refractivity contribution in [1.82, 2.24) is 4.90 Å². The summed E-state index contributed by atoms with van der Waals surface area (Å²) in [4.78, 5) is 26.8. The van der Waals surface area contributed by atoms with Crippen LogP contribution in [0.5, 0.6) is 0 Å². The van der Waals surface area contributed by atoms with E-state index in [-0.39, 0.29) is 11.7 Å². The van der Waals surface area contributed by atoms with Crippen LogP contribution in [0.4, 0.5) is 0 Å². The van der Waals surface area contributed by atoms with Gasteiger partial charge in [0.1, 0.15) is 0 Å². The van der Waals surface area contributed by atoms with Gasteiger partial charge in [-0.1, -0.05) is 0 Å². The second kappa shape index (κ2) is 4.26. The van der Waals surface area contributed by atoms with Crippen LogP contribution in [0.25, 0.3) is 0 Å². The summed E-state index contributed by atoms with van der Waals surface area (Å²) in [5.41, 5.74) is 0.333. The van der Waals surface area contributed by atoms with E-state index in [0.29, 0.717) is 13.0 Å². The smallest absolute Gasteiger partial charge is 0.264 e. The van der Waals surface area contributed by atoms with Gasteiger partial charge in [-0.15, -0.1) is 11.3 Å². The molecule has 0 N–H and O–H groups in total. The highest BCUT2D eigenvalue weighted by Gasteiger charge is 2.40. The highest BCUT2D eigenvalue weighted by atomic mass is 32.1. The van der Waals surface area contributed by atoms with Crippen LogP contribution in [0.2, 0.25) is 0 Å². The van der Waals surface area contributed by atoms with Crippen LogP contribution in [-0.4, -0.2) is 28.7 Å². The molecule has 1 saturated heterocycles. The van der Waals surface area contributed by atoms with E-state index in [1.165, 1.54) is 11.3 Å². The lowest BCUT2D eigenvalue weighted by Gasteiger charge is -2.40. The SMILES string of the molecule is Cc1ccsc1C(=O)N1CCCC(=O)C1(C)C. The Hall–Kier alpha value is -1.16. The molecular weight excluding hydrogens is 234 g/mol. The van der Waals surface area contributed by atoms with Gasteiger partial charge in [0.15, 0.2) is 5.78 Å². The number of thiophene rings is 1. The first-order chi connectivity index (χ1) is 7.94. The van der Waals surface area contributed by atoms with Gasteiger partial charge in [0.25, 0.3) is 5.91 Å². The summed E-state index contributed by atoms with van der Waals surface area (Å²) in [5.74, 6) is 0.154. The number of hydrogen-bond donors (Lipinski definition) is 0. The Labute approximate surface area is 105 Å². The highest BCUT2D eigenvalue weighted by Crippen LogP contribution is 2.28. The van der Waals surface area contributed by atoms with E-state index in [9.17, 15) is 9.59 Å². The number of carbonyl (C=O) groups is 2. The van der Waals surface area contributed by atoms with E-state index in [0.717, 1.165) is 16.9 Å². The zero-order valence-corrected chi connectivity index (χ0v) is 11.3. The maximum atomic E-state index is 12.4. The van der Waals surface area contributed by atoms with Crippen molar-refractivity contribution in [1.29, 1.82) is 0 Å². The van der Waals surface area contributed by atoms with Gasteiger partial charge >= 0.3 is 0 Å². The van der Waals surface area contributed by atoms with Gasteiger partial charge in [-0.3, -0.25) is 9.59 Å². The van der Waals surface area contributed by atoms with Crippen LogP contribution >= 0.6 is 11.3 Å². The van der Waals surface area contributed by atoms with E-state index in [1.54, 1.807) is 4.90 Å². The first-order valence-electron chi connectivity index (χ1n) is 5.84. The fourth-order valence-electron chi connectivity index (χ4n) is 2.20. The molecule has 1 aliphatic heterocycles. The Balaban J connectivity index is 2.31. The quantitative estimate of drug-likeness (QED) is 0.769. The maximum absolute atomic E-state index is 12.4. The number of aryl methyl sites for hydroxylation is 1. The molecule has 1 aromatic rings. The lowest BCUT2D eigenvalue weighted by atomic mass is 9.88. The fraction of sp³-hybridized carbons (Fsp3) is 0.538. The summed E-state index contributed by atoms with van der Waals surface area (Å²) in [6.45, 7) is 6.29. The molecule has 0 unspecified atom stereocenters. The van der Waals surface area contributed by atoms with Crippen LogP contribution in [-0.2, 0) is 4.79 Å². The molecule has 2 heterocycles. The first kappa shape index (κ1) is 12.3. The number of Topliss-reactive ketones (excluding diaryl/α,β-unsaturated/α-hetero) is 1. The van der Waals surface area contributed by atoms with Gasteiger partial charge in [0.2, 0.25) is 0 Å². The number of rotatable bonds is 1. The average Bonchev–Trinajstić information content (AvgIpc) is 2.68. The summed E-state index contributed by atoms with van der Waals surface area (Å²) >= 11 is 1.45. The summed E-state index contributed by atoms with van der Waals surface area (Å²) in [7, 11) is 0. The topological polar surface area (TPSA) is 37.4 Å². The largest absolute Gasteiger partial charge is 0.326 e. The lowest BCUT2D eigenvalue weighted by Crippen LogP contribution is -2.56. The Bertz CT molecular complexity index is 462. The van der Waals surface area contributed by atoms with E-state index in [1.807, 2.05) is 32.2 Å². The minimum atomic E-state index is -0.661. The lowest BCUT2D eigenvalue weighted by molar-refractivity contribution is -0.130. The van der Waals surface area contributed by atoms with Crippen LogP contribution in [0, 0.1) is 6.92 Å². The van der Waals surface area contributed by atoms with Crippen LogP contribution in [0.3, 0.4) is 0 Å². The van der Waals surface area contributed by atoms with E-state index < -0.39 is 5.54 Å². The molecule has 1 amide bonds. The number of ketones is 1. The molecule has 1 aromatic heterocycles. The van der Waals surface area contributed by atoms with Crippen molar-refractivity contribution in [3.63, 3.8) is 0 Å². The second-order valence-corrected chi connectivity index (χ2v) is 5.89. The monoisotopic (exact) mass is 251 g/mol. The maximum Gasteiger partial charge on any atom is 0.264 e. The highest BCUT2D eigenvalue weighted by molar-refractivity contribution is 7.12. The molecule has 0 bridgehead atoms. The van der Waals surface area contributed by atoms with E-state index in [4.69, 9.17) is 0 Å². The van der Waals surface area contributed by atoms with Crippen LogP contribution < -0.4 is 0 Å². The molecule has 0 aromatic carbocycles. The third-order valence-electron chi connectivity index (χ3n) is 3.44. The summed E-state index contributed by atoms with van der Waals surface area (Å²) in [6.07, 6.45) is 1.36. The van der Waals surface area contributed by atoms with Crippen molar-refractivity contribution in [2.45, 2.75) is 39.2 Å². The number of hydrogen-bond acceptors (Lipinski definition) is 3. The van der Waals surface area contributed by atoms with Crippen molar-refractivity contribution >= 4 is 23.0 Å². The Morgan fingerprint density at radius 1 is 1.47 bits per heavy atom. The number of carbonyl (C=O) groups excluding carboxylic acids is 2. The standard InChI is InChI=1S/C13H17NO2S/c1-9-6-8-17-11(9)12(16)14-7-4-5-10(15)13(14,2)3/h6,8H,4-5,7H2,1-3H3. The van der Waals surface area contributed by atoms with Gasteiger partial charge < -0.3 is 4.90 Å². The Morgan fingerprint density at radius 3 is 2.76 bits per heavy atom. The fourth-order valence-corrected chi connectivity index (χ4v) is 3.08. The molecule has 92 valence electrons. The molecule has 4 heteroatoms. The van der Waals surface area contributed by atoms with Crippen molar-refractivity contribution in [3.05, 3.63) is 21.9 Å². The van der Waals surface area contributed by atoms with Crippen LogP contribution in [0.1, 0.15) is 41.9 Å². The van der Waals surface area contributed by atoms with E-state index >= 15 is 0 Å².